The molecule has 0 heterocycles. The van der Waals surface area contributed by atoms with E-state index in [-0.39, 0.29) is 17.5 Å². The van der Waals surface area contributed by atoms with Gasteiger partial charge >= 0.3 is 11.9 Å². The lowest BCUT2D eigenvalue weighted by Crippen LogP contribution is -2.31. The molecule has 1 aliphatic carbocycles. The Kier molecular flexibility index (Phi) is 7.81. The van der Waals surface area contributed by atoms with Crippen LogP contribution in [0.5, 0.6) is 0 Å². The van der Waals surface area contributed by atoms with E-state index < -0.39 is 5.97 Å². The fourth-order valence-corrected chi connectivity index (χ4v) is 3.33. The molecule has 0 spiro atoms. The molecule has 1 N–H and O–H groups in total. The third-order valence-corrected chi connectivity index (χ3v) is 4.38. The van der Waals surface area contributed by atoms with Gasteiger partial charge in [-0.05, 0) is 43.8 Å². The summed E-state index contributed by atoms with van der Waals surface area (Å²) in [7, 11) is 0. The molecule has 0 fully saturated rings. The second-order valence-electron chi connectivity index (χ2n) is 7.55. The van der Waals surface area contributed by atoms with Crippen molar-refractivity contribution in [3.63, 3.8) is 0 Å². The van der Waals surface area contributed by atoms with Gasteiger partial charge in [0.25, 0.3) is 0 Å². The highest BCUT2D eigenvalue weighted by atomic mass is 16.5. The zero-order valence-electron chi connectivity index (χ0n) is 16.6. The van der Waals surface area contributed by atoms with Crippen LogP contribution in [0.1, 0.15) is 54.4 Å². The largest absolute Gasteiger partial charge is 0.478 e. The fraction of sp³-hybridized carbons (Fsp3) is 0.455. The van der Waals surface area contributed by atoms with Gasteiger partial charge < -0.3 is 9.84 Å². The van der Waals surface area contributed by atoms with Crippen LogP contribution in [0.2, 0.25) is 0 Å². The molecule has 0 unspecified atom stereocenters. The van der Waals surface area contributed by atoms with Crippen molar-refractivity contribution in [1.82, 2.24) is 0 Å². The van der Waals surface area contributed by atoms with Crippen molar-refractivity contribution in [3.8, 4) is 0 Å². The van der Waals surface area contributed by atoms with Gasteiger partial charge in [0.15, 0.2) is 0 Å². The molecule has 0 saturated heterocycles. The van der Waals surface area contributed by atoms with Crippen LogP contribution in [0, 0.1) is 5.41 Å². The topological polar surface area (TPSA) is 63.6 Å². The zero-order valence-corrected chi connectivity index (χ0v) is 16.6. The average molecular weight is 358 g/mol. The van der Waals surface area contributed by atoms with Gasteiger partial charge in [-0.1, -0.05) is 55.4 Å². The number of carbonyl (C=O) groups is 2. The van der Waals surface area contributed by atoms with E-state index in [0.717, 1.165) is 18.4 Å². The SMILES string of the molecule is CC(=O)O[C@@H]1CC(C)=C(/C=C/C(C)=C/C=C/C(C)=C\C(=O)O)C(C)(C)C1. The molecule has 1 rings (SSSR count). The smallest absolute Gasteiger partial charge is 0.328 e. The minimum Gasteiger partial charge on any atom is -0.478 e. The lowest BCUT2D eigenvalue weighted by Gasteiger charge is -2.37. The van der Waals surface area contributed by atoms with Crippen LogP contribution >= 0.6 is 0 Å². The molecular weight excluding hydrogens is 328 g/mol. The number of rotatable bonds is 6. The lowest BCUT2D eigenvalue weighted by atomic mass is 9.71. The number of hydrogen-bond donors (Lipinski definition) is 1. The highest BCUT2D eigenvalue weighted by Crippen LogP contribution is 2.42. The van der Waals surface area contributed by atoms with Crippen molar-refractivity contribution in [2.75, 3.05) is 0 Å². The van der Waals surface area contributed by atoms with Crippen molar-refractivity contribution in [3.05, 3.63) is 58.7 Å². The molecule has 0 saturated carbocycles. The Hall–Kier alpha value is -2.36. The van der Waals surface area contributed by atoms with Gasteiger partial charge in [-0.2, -0.15) is 0 Å². The van der Waals surface area contributed by atoms with Crippen LogP contribution in [-0.4, -0.2) is 23.1 Å². The summed E-state index contributed by atoms with van der Waals surface area (Å²) < 4.78 is 5.41. The van der Waals surface area contributed by atoms with Gasteiger partial charge in [-0.15, -0.1) is 0 Å². The normalized spacial score (nSPS) is 21.5. The van der Waals surface area contributed by atoms with E-state index in [1.54, 1.807) is 13.0 Å². The summed E-state index contributed by atoms with van der Waals surface area (Å²) >= 11 is 0. The van der Waals surface area contributed by atoms with Crippen LogP contribution in [0.15, 0.2) is 58.7 Å². The van der Waals surface area contributed by atoms with E-state index in [0.29, 0.717) is 5.57 Å². The number of carbonyl (C=O) groups excluding carboxylic acids is 1. The Labute approximate surface area is 156 Å². The van der Waals surface area contributed by atoms with Gasteiger partial charge in [0.1, 0.15) is 6.10 Å². The molecule has 0 amide bonds. The van der Waals surface area contributed by atoms with Gasteiger partial charge in [0.2, 0.25) is 0 Å². The minimum atomic E-state index is -0.943. The van der Waals surface area contributed by atoms with Crippen LogP contribution in [0.25, 0.3) is 0 Å². The maximum atomic E-state index is 11.2. The molecular formula is C22H30O4. The first-order valence-corrected chi connectivity index (χ1v) is 8.83. The Bertz CT molecular complexity index is 700. The van der Waals surface area contributed by atoms with E-state index in [9.17, 15) is 9.59 Å². The highest BCUT2D eigenvalue weighted by Gasteiger charge is 2.33. The monoisotopic (exact) mass is 358 g/mol. The highest BCUT2D eigenvalue weighted by molar-refractivity contribution is 5.81. The molecule has 0 aromatic carbocycles. The van der Waals surface area contributed by atoms with E-state index in [1.807, 2.05) is 19.1 Å². The fourth-order valence-electron chi connectivity index (χ4n) is 3.33. The molecule has 142 valence electrons. The first-order chi connectivity index (χ1) is 12.0. The average Bonchev–Trinajstić information content (AvgIpc) is 2.43. The number of carboxylic acids is 1. The van der Waals surface area contributed by atoms with Crippen molar-refractivity contribution >= 4 is 11.9 Å². The molecule has 0 aliphatic heterocycles. The predicted molar refractivity (Wildman–Crippen MR) is 105 cm³/mol. The Morgan fingerprint density at radius 3 is 2.35 bits per heavy atom. The van der Waals surface area contributed by atoms with Crippen molar-refractivity contribution in [2.24, 2.45) is 5.41 Å². The second-order valence-corrected chi connectivity index (χ2v) is 7.55. The van der Waals surface area contributed by atoms with Gasteiger partial charge in [-0.3, -0.25) is 4.79 Å². The maximum absolute atomic E-state index is 11.2. The van der Waals surface area contributed by atoms with Crippen molar-refractivity contribution in [1.29, 1.82) is 0 Å². The minimum absolute atomic E-state index is 0.0526. The van der Waals surface area contributed by atoms with Gasteiger partial charge in [-0.25, -0.2) is 4.79 Å². The quantitative estimate of drug-likeness (QED) is 0.405. The van der Waals surface area contributed by atoms with Crippen LogP contribution in [-0.2, 0) is 14.3 Å². The standard InChI is InChI=1S/C22H30O4/c1-15(8-7-9-16(2)12-21(24)25)10-11-20-17(3)13-19(26-18(4)23)14-22(20,5)6/h7-12,19H,13-14H2,1-6H3,(H,24,25)/b9-7+,11-10+,15-8+,16-12-/t19-/m1/s1. The van der Waals surface area contributed by atoms with E-state index in [1.165, 1.54) is 24.1 Å². The van der Waals surface area contributed by atoms with Crippen LogP contribution < -0.4 is 0 Å². The summed E-state index contributed by atoms with van der Waals surface area (Å²) in [4.78, 5) is 21.8. The van der Waals surface area contributed by atoms with Crippen molar-refractivity contribution in [2.45, 2.75) is 60.5 Å². The number of allylic oxidation sites excluding steroid dienone is 8. The molecule has 0 aromatic heterocycles. The number of carboxylic acid groups (broad SMARTS) is 1. The Balaban J connectivity index is 2.88. The summed E-state index contributed by atoms with van der Waals surface area (Å²) in [6, 6.07) is 0. The van der Waals surface area contributed by atoms with E-state index in [2.05, 4.69) is 32.9 Å². The molecule has 1 aliphatic rings. The first-order valence-electron chi connectivity index (χ1n) is 8.83. The second kappa shape index (κ2) is 9.37. The first kappa shape index (κ1) is 21.7. The molecule has 4 heteroatoms. The molecule has 0 bridgehead atoms. The third-order valence-electron chi connectivity index (χ3n) is 4.38. The zero-order chi connectivity index (χ0) is 19.9. The number of esters is 1. The van der Waals surface area contributed by atoms with Crippen LogP contribution in [0.4, 0.5) is 0 Å². The summed E-state index contributed by atoms with van der Waals surface area (Å²) in [6.45, 7) is 11.6. The van der Waals surface area contributed by atoms with Crippen LogP contribution in [0.3, 0.4) is 0 Å². The van der Waals surface area contributed by atoms with Gasteiger partial charge in [0, 0.05) is 19.4 Å². The maximum Gasteiger partial charge on any atom is 0.328 e. The van der Waals surface area contributed by atoms with E-state index in [4.69, 9.17) is 9.84 Å². The predicted octanol–water partition coefficient (Wildman–Crippen LogP) is 5.14. The Morgan fingerprint density at radius 1 is 1.15 bits per heavy atom. The molecule has 0 aromatic rings. The summed E-state index contributed by atoms with van der Waals surface area (Å²) in [6.07, 6.45) is 12.5. The van der Waals surface area contributed by atoms with Crippen molar-refractivity contribution < 1.29 is 19.4 Å². The van der Waals surface area contributed by atoms with E-state index >= 15 is 0 Å². The number of hydrogen-bond acceptors (Lipinski definition) is 3. The number of aliphatic carboxylic acids is 1. The summed E-state index contributed by atoms with van der Waals surface area (Å²) in [5.41, 5.74) is 4.22. The molecule has 1 atom stereocenters. The number of ether oxygens (including phenoxy) is 1. The third kappa shape index (κ3) is 7.26. The summed E-state index contributed by atoms with van der Waals surface area (Å²) in [5.74, 6) is -1.17. The Morgan fingerprint density at radius 2 is 1.81 bits per heavy atom. The lowest BCUT2D eigenvalue weighted by molar-refractivity contribution is -0.147. The molecule has 26 heavy (non-hydrogen) atoms. The molecule has 4 nitrogen and oxygen atoms in total. The van der Waals surface area contributed by atoms with Gasteiger partial charge in [0.05, 0.1) is 0 Å². The molecule has 0 radical (unpaired) electrons. The summed E-state index contributed by atoms with van der Waals surface area (Å²) in [5, 5.41) is 8.69.